The highest BCUT2D eigenvalue weighted by Crippen LogP contribution is 2.25. The number of nitrogens with zero attached hydrogens (tertiary/aromatic N) is 3. The van der Waals surface area contributed by atoms with Crippen LogP contribution in [0, 0.1) is 13.8 Å². The van der Waals surface area contributed by atoms with Crippen molar-refractivity contribution in [3.63, 3.8) is 0 Å². The van der Waals surface area contributed by atoms with Crippen molar-refractivity contribution in [1.82, 2.24) is 15.1 Å². The number of morpholine rings is 1. The van der Waals surface area contributed by atoms with E-state index in [2.05, 4.69) is 29.2 Å². The molecule has 1 N–H and O–H groups in total. The van der Waals surface area contributed by atoms with E-state index < -0.39 is 0 Å². The van der Waals surface area contributed by atoms with Crippen molar-refractivity contribution in [2.24, 2.45) is 7.05 Å². The van der Waals surface area contributed by atoms with Gasteiger partial charge in [-0.05, 0) is 32.9 Å². The summed E-state index contributed by atoms with van der Waals surface area (Å²) < 4.78 is 13.2. The first-order valence-electron chi connectivity index (χ1n) is 8.21. The normalized spacial score (nSPS) is 16.8. The second-order valence-electron chi connectivity index (χ2n) is 6.16. The average molecular weight is 318 g/mol. The quantitative estimate of drug-likeness (QED) is 0.917. The Bertz CT molecular complexity index is 656. The molecule has 6 heteroatoms. The molecule has 1 aliphatic rings. The van der Waals surface area contributed by atoms with Crippen LogP contribution in [-0.4, -0.2) is 36.1 Å². The van der Waals surface area contributed by atoms with E-state index in [-0.39, 0.29) is 6.04 Å². The third-order valence-corrected chi connectivity index (χ3v) is 4.40. The van der Waals surface area contributed by atoms with Crippen LogP contribution in [0.2, 0.25) is 0 Å². The van der Waals surface area contributed by atoms with Crippen LogP contribution in [0.3, 0.4) is 0 Å². The van der Waals surface area contributed by atoms with Crippen LogP contribution in [0.4, 0.5) is 5.82 Å². The summed E-state index contributed by atoms with van der Waals surface area (Å²) in [6, 6.07) is 4.20. The van der Waals surface area contributed by atoms with E-state index >= 15 is 0 Å². The van der Waals surface area contributed by atoms with E-state index in [1.807, 2.05) is 30.8 Å². The van der Waals surface area contributed by atoms with E-state index in [0.29, 0.717) is 0 Å². The minimum atomic E-state index is 0.167. The van der Waals surface area contributed by atoms with Crippen molar-refractivity contribution in [3.05, 3.63) is 34.9 Å². The molecule has 0 aromatic carbocycles. The molecule has 1 atom stereocenters. The lowest BCUT2D eigenvalue weighted by atomic mass is 10.2. The van der Waals surface area contributed by atoms with Gasteiger partial charge in [0, 0.05) is 32.2 Å². The zero-order chi connectivity index (χ0) is 16.4. The lowest BCUT2D eigenvalue weighted by Gasteiger charge is -2.29. The predicted octanol–water partition coefficient (Wildman–Crippen LogP) is 2.32. The molecule has 3 heterocycles. The summed E-state index contributed by atoms with van der Waals surface area (Å²) in [7, 11) is 2.01. The summed E-state index contributed by atoms with van der Waals surface area (Å²) in [5, 5.41) is 8.17. The molecule has 1 saturated heterocycles. The lowest BCUT2D eigenvalue weighted by molar-refractivity contribution is 0.122. The van der Waals surface area contributed by atoms with Gasteiger partial charge in [0.1, 0.15) is 17.3 Å². The molecule has 0 amide bonds. The average Bonchev–Trinajstić information content (AvgIpc) is 3.09. The Morgan fingerprint density at radius 2 is 2.00 bits per heavy atom. The number of ether oxygens (including phenoxy) is 1. The summed E-state index contributed by atoms with van der Waals surface area (Å²) in [5.41, 5.74) is 2.33. The van der Waals surface area contributed by atoms with Gasteiger partial charge >= 0.3 is 0 Å². The first kappa shape index (κ1) is 16.1. The fourth-order valence-electron chi connectivity index (χ4n) is 3.11. The molecule has 0 unspecified atom stereocenters. The van der Waals surface area contributed by atoms with Gasteiger partial charge in [-0.15, -0.1) is 0 Å². The zero-order valence-electron chi connectivity index (χ0n) is 14.4. The highest BCUT2D eigenvalue weighted by Gasteiger charge is 2.22. The fraction of sp³-hybridized carbons (Fsp3) is 0.588. The van der Waals surface area contributed by atoms with E-state index in [0.717, 1.165) is 50.1 Å². The molecule has 0 radical (unpaired) electrons. The zero-order valence-corrected chi connectivity index (χ0v) is 14.4. The number of anilines is 1. The maximum Gasteiger partial charge on any atom is 0.131 e. The van der Waals surface area contributed by atoms with Crippen molar-refractivity contribution in [3.8, 4) is 0 Å². The monoisotopic (exact) mass is 318 g/mol. The second-order valence-corrected chi connectivity index (χ2v) is 6.16. The Morgan fingerprint density at radius 1 is 1.26 bits per heavy atom. The van der Waals surface area contributed by atoms with Crippen LogP contribution in [0.5, 0.6) is 0 Å². The maximum atomic E-state index is 5.71. The predicted molar refractivity (Wildman–Crippen MR) is 89.7 cm³/mol. The van der Waals surface area contributed by atoms with Crippen molar-refractivity contribution < 1.29 is 9.15 Å². The largest absolute Gasteiger partial charge is 0.465 e. The summed E-state index contributed by atoms with van der Waals surface area (Å²) in [4.78, 5) is 2.36. The van der Waals surface area contributed by atoms with Crippen LogP contribution >= 0.6 is 0 Å². The highest BCUT2D eigenvalue weighted by molar-refractivity contribution is 5.50. The first-order chi connectivity index (χ1) is 11.1. The minimum absolute atomic E-state index is 0.167. The van der Waals surface area contributed by atoms with Crippen molar-refractivity contribution >= 4 is 5.82 Å². The SMILES string of the molecule is Cc1ccc([C@H](C)NCc2c(C)nn(C)c2N2CCOCC2)o1. The topological polar surface area (TPSA) is 55.5 Å². The molecular weight excluding hydrogens is 292 g/mol. The summed E-state index contributed by atoms with van der Waals surface area (Å²) >= 11 is 0. The fourth-order valence-corrected chi connectivity index (χ4v) is 3.11. The summed E-state index contributed by atoms with van der Waals surface area (Å²) in [6.07, 6.45) is 0. The molecule has 0 bridgehead atoms. The van der Waals surface area contributed by atoms with E-state index in [1.165, 1.54) is 11.4 Å². The molecule has 0 spiro atoms. The lowest BCUT2D eigenvalue weighted by Crippen LogP contribution is -2.38. The Hall–Kier alpha value is -1.79. The Labute approximate surface area is 137 Å². The van der Waals surface area contributed by atoms with Crippen LogP contribution in [0.25, 0.3) is 0 Å². The number of rotatable bonds is 5. The third-order valence-electron chi connectivity index (χ3n) is 4.40. The van der Waals surface area contributed by atoms with Crippen molar-refractivity contribution in [1.29, 1.82) is 0 Å². The van der Waals surface area contributed by atoms with Crippen LogP contribution in [0.1, 0.15) is 35.7 Å². The van der Waals surface area contributed by atoms with E-state index in [9.17, 15) is 0 Å². The number of furan rings is 1. The number of aryl methyl sites for hydroxylation is 3. The standard InChI is InChI=1S/C17H26N4O2/c1-12-5-6-16(23-12)14(3)18-11-15-13(2)19-20(4)17(15)21-7-9-22-10-8-21/h5-6,14,18H,7-11H2,1-4H3/t14-/m0/s1. The summed E-state index contributed by atoms with van der Waals surface area (Å²) in [6.45, 7) is 10.3. The van der Waals surface area contributed by atoms with Gasteiger partial charge in [-0.2, -0.15) is 5.10 Å². The smallest absolute Gasteiger partial charge is 0.131 e. The molecule has 3 rings (SSSR count). The highest BCUT2D eigenvalue weighted by atomic mass is 16.5. The van der Waals surface area contributed by atoms with Crippen molar-refractivity contribution in [2.45, 2.75) is 33.4 Å². The first-order valence-corrected chi connectivity index (χ1v) is 8.21. The number of hydrogen-bond donors (Lipinski definition) is 1. The van der Waals surface area contributed by atoms with E-state index in [4.69, 9.17) is 9.15 Å². The molecule has 2 aromatic heterocycles. The Kier molecular flexibility index (Phi) is 4.73. The van der Waals surface area contributed by atoms with Gasteiger partial charge in [0.15, 0.2) is 0 Å². The minimum Gasteiger partial charge on any atom is -0.465 e. The van der Waals surface area contributed by atoms with E-state index in [1.54, 1.807) is 0 Å². The third kappa shape index (κ3) is 3.43. The van der Waals surface area contributed by atoms with Gasteiger partial charge in [-0.25, -0.2) is 0 Å². The van der Waals surface area contributed by atoms with Gasteiger partial charge in [-0.1, -0.05) is 0 Å². The molecule has 23 heavy (non-hydrogen) atoms. The molecule has 1 fully saturated rings. The second kappa shape index (κ2) is 6.76. The molecule has 2 aromatic rings. The Morgan fingerprint density at radius 3 is 2.65 bits per heavy atom. The number of aromatic nitrogens is 2. The molecule has 1 aliphatic heterocycles. The van der Waals surface area contributed by atoms with Gasteiger partial charge in [0.25, 0.3) is 0 Å². The molecular formula is C17H26N4O2. The van der Waals surface area contributed by atoms with Crippen LogP contribution in [-0.2, 0) is 18.3 Å². The molecule has 6 nitrogen and oxygen atoms in total. The summed E-state index contributed by atoms with van der Waals surface area (Å²) in [5.74, 6) is 3.11. The number of hydrogen-bond acceptors (Lipinski definition) is 5. The van der Waals surface area contributed by atoms with Gasteiger partial charge in [-0.3, -0.25) is 4.68 Å². The molecule has 126 valence electrons. The molecule has 0 saturated carbocycles. The van der Waals surface area contributed by atoms with Gasteiger partial charge in [0.2, 0.25) is 0 Å². The molecule has 0 aliphatic carbocycles. The van der Waals surface area contributed by atoms with Gasteiger partial charge in [0.05, 0.1) is 24.9 Å². The van der Waals surface area contributed by atoms with Gasteiger partial charge < -0.3 is 19.4 Å². The maximum absolute atomic E-state index is 5.71. The van der Waals surface area contributed by atoms with Crippen LogP contribution in [0.15, 0.2) is 16.5 Å². The van der Waals surface area contributed by atoms with Crippen LogP contribution < -0.4 is 10.2 Å². The number of nitrogens with one attached hydrogen (secondary N) is 1. The Balaban J connectivity index is 1.74. The van der Waals surface area contributed by atoms with Crippen molar-refractivity contribution in [2.75, 3.05) is 31.2 Å².